The lowest BCUT2D eigenvalue weighted by atomic mass is 10.1. The fraction of sp³-hybridized carbons (Fsp3) is 0.333. The number of rotatable bonds is 3. The number of nitrogens with zero attached hydrogens (tertiary/aromatic N) is 3. The number of hydrogen-bond acceptors (Lipinski definition) is 4. The first-order chi connectivity index (χ1) is 10.6. The van der Waals surface area contributed by atoms with Crippen molar-refractivity contribution in [3.8, 4) is 0 Å². The van der Waals surface area contributed by atoms with Crippen LogP contribution >= 0.6 is 23.4 Å². The Morgan fingerprint density at radius 3 is 2.86 bits per heavy atom. The lowest BCUT2D eigenvalue weighted by molar-refractivity contribution is 0.238. The van der Waals surface area contributed by atoms with E-state index in [1.54, 1.807) is 0 Å². The van der Waals surface area contributed by atoms with Crippen LogP contribution in [0.5, 0.6) is 0 Å². The summed E-state index contributed by atoms with van der Waals surface area (Å²) in [4.78, 5) is 10.8. The van der Waals surface area contributed by atoms with Gasteiger partial charge in [0.1, 0.15) is 11.6 Å². The summed E-state index contributed by atoms with van der Waals surface area (Å²) >= 11 is 7.39. The highest BCUT2D eigenvalue weighted by atomic mass is 35.5. The van der Waals surface area contributed by atoms with Gasteiger partial charge in [-0.25, -0.2) is 18.7 Å². The molecule has 2 heterocycles. The van der Waals surface area contributed by atoms with Gasteiger partial charge in [-0.2, -0.15) is 0 Å². The molecule has 0 aliphatic carbocycles. The molecule has 0 fully saturated rings. The van der Waals surface area contributed by atoms with Crippen molar-refractivity contribution >= 4 is 23.4 Å². The van der Waals surface area contributed by atoms with Gasteiger partial charge < -0.3 is 0 Å². The van der Waals surface area contributed by atoms with E-state index in [2.05, 4.69) is 9.97 Å². The molecular formula is C15H14ClF2N3S. The molecule has 1 aromatic heterocycles. The van der Waals surface area contributed by atoms with Gasteiger partial charge in [0.15, 0.2) is 5.16 Å². The van der Waals surface area contributed by atoms with Crippen molar-refractivity contribution in [3.63, 3.8) is 0 Å². The largest absolute Gasteiger partial charge is 0.294 e. The van der Waals surface area contributed by atoms with Crippen molar-refractivity contribution in [2.45, 2.75) is 24.7 Å². The minimum absolute atomic E-state index is 0.139. The monoisotopic (exact) mass is 341 g/mol. The third kappa shape index (κ3) is 3.09. The lowest BCUT2D eigenvalue weighted by Gasteiger charge is -2.28. The Bertz CT molecular complexity index is 711. The molecule has 0 saturated heterocycles. The van der Waals surface area contributed by atoms with Crippen LogP contribution in [0.4, 0.5) is 8.78 Å². The van der Waals surface area contributed by atoms with Crippen molar-refractivity contribution in [1.82, 2.24) is 14.9 Å². The minimum atomic E-state index is -0.594. The molecule has 0 bridgehead atoms. The Hall–Kier alpha value is -1.24. The first-order valence-electron chi connectivity index (χ1n) is 6.82. The molecule has 0 atom stereocenters. The van der Waals surface area contributed by atoms with E-state index in [0.29, 0.717) is 6.54 Å². The van der Waals surface area contributed by atoms with E-state index < -0.39 is 11.6 Å². The SMILES string of the molecule is CSc1ncc2c(n1)CCN(Cc1c(F)ccc(F)c1Cl)C2. The van der Waals surface area contributed by atoms with Gasteiger partial charge in [-0.1, -0.05) is 23.4 Å². The Balaban J connectivity index is 1.80. The van der Waals surface area contributed by atoms with E-state index >= 15 is 0 Å². The maximum Gasteiger partial charge on any atom is 0.187 e. The van der Waals surface area contributed by atoms with Crippen LogP contribution in [0, 0.1) is 11.6 Å². The van der Waals surface area contributed by atoms with Crippen LogP contribution in [0.25, 0.3) is 0 Å². The van der Waals surface area contributed by atoms with Crippen molar-refractivity contribution < 1.29 is 8.78 Å². The fourth-order valence-corrected chi connectivity index (χ4v) is 3.10. The highest BCUT2D eigenvalue weighted by molar-refractivity contribution is 7.98. The summed E-state index contributed by atoms with van der Waals surface area (Å²) in [5, 5.41) is 0.617. The van der Waals surface area contributed by atoms with Gasteiger partial charge in [-0.3, -0.25) is 4.90 Å². The Labute approximate surface area is 136 Å². The Morgan fingerprint density at radius 1 is 1.32 bits per heavy atom. The molecule has 7 heteroatoms. The second-order valence-electron chi connectivity index (χ2n) is 5.11. The predicted octanol–water partition coefficient (Wildman–Crippen LogP) is 3.69. The van der Waals surface area contributed by atoms with Crippen LogP contribution in [0.2, 0.25) is 5.02 Å². The van der Waals surface area contributed by atoms with Crippen LogP contribution < -0.4 is 0 Å². The van der Waals surface area contributed by atoms with Crippen LogP contribution in [0.1, 0.15) is 16.8 Å². The second-order valence-corrected chi connectivity index (χ2v) is 6.26. The number of thioether (sulfide) groups is 1. The summed E-state index contributed by atoms with van der Waals surface area (Å²) in [7, 11) is 0. The van der Waals surface area contributed by atoms with E-state index in [0.717, 1.165) is 41.5 Å². The van der Waals surface area contributed by atoms with Crippen molar-refractivity contribution in [2.75, 3.05) is 12.8 Å². The van der Waals surface area contributed by atoms with E-state index in [-0.39, 0.29) is 17.1 Å². The van der Waals surface area contributed by atoms with Gasteiger partial charge in [0, 0.05) is 43.4 Å². The summed E-state index contributed by atoms with van der Waals surface area (Å²) in [5.74, 6) is -1.07. The normalized spacial score (nSPS) is 14.9. The molecule has 0 N–H and O–H groups in total. The van der Waals surface area contributed by atoms with Crippen LogP contribution in [-0.2, 0) is 19.5 Å². The first kappa shape index (κ1) is 15.6. The molecule has 3 nitrogen and oxygen atoms in total. The average molecular weight is 342 g/mol. The summed E-state index contributed by atoms with van der Waals surface area (Å²) in [6.45, 7) is 1.60. The van der Waals surface area contributed by atoms with Gasteiger partial charge in [-0.15, -0.1) is 0 Å². The van der Waals surface area contributed by atoms with Crippen molar-refractivity contribution in [1.29, 1.82) is 0 Å². The van der Waals surface area contributed by atoms with Gasteiger partial charge >= 0.3 is 0 Å². The molecule has 1 aliphatic rings. The Kier molecular flexibility index (Phi) is 4.61. The molecule has 0 radical (unpaired) electrons. The average Bonchev–Trinajstić information content (AvgIpc) is 2.54. The molecule has 0 amide bonds. The maximum atomic E-state index is 13.9. The molecule has 116 valence electrons. The molecule has 2 aromatic rings. The van der Waals surface area contributed by atoms with Crippen LogP contribution in [0.15, 0.2) is 23.5 Å². The Morgan fingerprint density at radius 2 is 2.09 bits per heavy atom. The fourth-order valence-electron chi connectivity index (χ4n) is 2.53. The zero-order chi connectivity index (χ0) is 15.7. The summed E-state index contributed by atoms with van der Waals surface area (Å²) in [5.41, 5.74) is 2.25. The summed E-state index contributed by atoms with van der Waals surface area (Å²) in [6, 6.07) is 2.16. The van der Waals surface area contributed by atoms with Gasteiger partial charge in [-0.05, 0) is 18.4 Å². The van der Waals surface area contributed by atoms with Gasteiger partial charge in [0.2, 0.25) is 0 Å². The molecule has 1 aliphatic heterocycles. The number of hydrogen-bond donors (Lipinski definition) is 0. The zero-order valence-electron chi connectivity index (χ0n) is 11.9. The topological polar surface area (TPSA) is 29.0 Å². The molecular weight excluding hydrogens is 328 g/mol. The summed E-state index contributed by atoms with van der Waals surface area (Å²) in [6.07, 6.45) is 4.51. The number of fused-ring (bicyclic) bond motifs is 1. The first-order valence-corrected chi connectivity index (χ1v) is 8.42. The van der Waals surface area contributed by atoms with Crippen LogP contribution in [-0.4, -0.2) is 27.7 Å². The summed E-state index contributed by atoms with van der Waals surface area (Å²) < 4.78 is 27.4. The number of aromatic nitrogens is 2. The van der Waals surface area contributed by atoms with E-state index in [9.17, 15) is 8.78 Å². The highest BCUT2D eigenvalue weighted by Crippen LogP contribution is 2.26. The highest BCUT2D eigenvalue weighted by Gasteiger charge is 2.21. The molecule has 0 unspecified atom stereocenters. The quantitative estimate of drug-likeness (QED) is 0.484. The minimum Gasteiger partial charge on any atom is -0.294 e. The molecule has 22 heavy (non-hydrogen) atoms. The smallest absolute Gasteiger partial charge is 0.187 e. The molecule has 0 saturated carbocycles. The molecule has 3 rings (SSSR count). The lowest BCUT2D eigenvalue weighted by Crippen LogP contribution is -2.31. The van der Waals surface area contributed by atoms with E-state index in [1.165, 1.54) is 11.8 Å². The molecule has 0 spiro atoms. The van der Waals surface area contributed by atoms with Gasteiger partial charge in [0.25, 0.3) is 0 Å². The number of benzene rings is 1. The zero-order valence-corrected chi connectivity index (χ0v) is 13.5. The third-order valence-electron chi connectivity index (χ3n) is 3.69. The molecule has 1 aromatic carbocycles. The van der Waals surface area contributed by atoms with E-state index in [4.69, 9.17) is 11.6 Å². The standard InChI is InChI=1S/C15H14ClF2N3S/c1-22-15-19-6-9-7-21(5-4-13(9)20-15)8-10-11(17)2-3-12(18)14(10)16/h2-3,6H,4-5,7-8H2,1H3. The van der Waals surface area contributed by atoms with Gasteiger partial charge in [0.05, 0.1) is 10.7 Å². The van der Waals surface area contributed by atoms with Crippen LogP contribution in [0.3, 0.4) is 0 Å². The maximum absolute atomic E-state index is 13.9. The third-order valence-corrected chi connectivity index (χ3v) is 4.66. The predicted molar refractivity (Wildman–Crippen MR) is 83.0 cm³/mol. The van der Waals surface area contributed by atoms with E-state index in [1.807, 2.05) is 17.4 Å². The van der Waals surface area contributed by atoms with Crippen molar-refractivity contribution in [3.05, 3.63) is 51.8 Å². The second kappa shape index (κ2) is 6.48. The number of halogens is 3. The van der Waals surface area contributed by atoms with Crippen molar-refractivity contribution in [2.24, 2.45) is 0 Å².